The standard InChI is InChI=1S/C17H20F3N5O2/c18-17(19,20)27-14-3-1-12(2-4-14)5-10-22-16(26)15-11-25(24-23-15)13-6-8-21-9-7-13/h1-4,11,13,21H,5-10H2,(H,22,26). The molecule has 2 heterocycles. The molecule has 0 bridgehead atoms. The van der Waals surface area contributed by atoms with Crippen LogP contribution in [-0.2, 0) is 6.42 Å². The molecule has 1 aliphatic rings. The van der Waals surface area contributed by atoms with E-state index in [1.165, 1.54) is 24.3 Å². The highest BCUT2D eigenvalue weighted by molar-refractivity contribution is 5.91. The Labute approximate surface area is 153 Å². The molecule has 3 rings (SSSR count). The SMILES string of the molecule is O=C(NCCc1ccc(OC(F)(F)F)cc1)c1cn(C2CCNCC2)nn1. The Kier molecular flexibility index (Phi) is 5.94. The number of carbonyl (C=O) groups is 1. The van der Waals surface area contributed by atoms with Gasteiger partial charge in [-0.05, 0) is 50.0 Å². The summed E-state index contributed by atoms with van der Waals surface area (Å²) in [4.78, 5) is 12.2. The van der Waals surface area contributed by atoms with Crippen LogP contribution in [0.1, 0.15) is 34.9 Å². The third-order valence-electron chi connectivity index (χ3n) is 4.28. The summed E-state index contributed by atoms with van der Waals surface area (Å²) in [6, 6.07) is 5.80. The van der Waals surface area contributed by atoms with E-state index in [-0.39, 0.29) is 23.4 Å². The predicted octanol–water partition coefficient (Wildman–Crippen LogP) is 2.07. The maximum atomic E-state index is 12.2. The van der Waals surface area contributed by atoms with E-state index in [1.54, 1.807) is 10.9 Å². The number of piperidine rings is 1. The number of nitrogens with one attached hydrogen (secondary N) is 2. The van der Waals surface area contributed by atoms with Gasteiger partial charge in [0.15, 0.2) is 5.69 Å². The highest BCUT2D eigenvalue weighted by Gasteiger charge is 2.30. The molecule has 1 amide bonds. The minimum atomic E-state index is -4.71. The lowest BCUT2D eigenvalue weighted by Gasteiger charge is -2.22. The third-order valence-corrected chi connectivity index (χ3v) is 4.28. The molecular formula is C17H20F3N5O2. The summed E-state index contributed by atoms with van der Waals surface area (Å²) in [5, 5.41) is 14.0. The Morgan fingerprint density at radius 3 is 2.63 bits per heavy atom. The van der Waals surface area contributed by atoms with E-state index < -0.39 is 6.36 Å². The van der Waals surface area contributed by atoms with E-state index in [9.17, 15) is 18.0 Å². The number of alkyl halides is 3. The van der Waals surface area contributed by atoms with E-state index >= 15 is 0 Å². The van der Waals surface area contributed by atoms with Crippen LogP contribution in [0.15, 0.2) is 30.5 Å². The summed E-state index contributed by atoms with van der Waals surface area (Å²) >= 11 is 0. The number of ether oxygens (including phenoxy) is 1. The van der Waals surface area contributed by atoms with Crippen molar-refractivity contribution in [1.29, 1.82) is 0 Å². The summed E-state index contributed by atoms with van der Waals surface area (Å²) in [5.41, 5.74) is 1.03. The van der Waals surface area contributed by atoms with Gasteiger partial charge in [-0.15, -0.1) is 18.3 Å². The van der Waals surface area contributed by atoms with Crippen molar-refractivity contribution in [2.75, 3.05) is 19.6 Å². The Morgan fingerprint density at radius 1 is 1.26 bits per heavy atom. The van der Waals surface area contributed by atoms with Gasteiger partial charge in [0.1, 0.15) is 5.75 Å². The van der Waals surface area contributed by atoms with Crippen molar-refractivity contribution in [3.63, 3.8) is 0 Å². The zero-order chi connectivity index (χ0) is 19.3. The van der Waals surface area contributed by atoms with Crippen molar-refractivity contribution in [1.82, 2.24) is 25.6 Å². The molecule has 10 heteroatoms. The maximum Gasteiger partial charge on any atom is 0.573 e. The molecule has 1 saturated heterocycles. The average Bonchev–Trinajstić information content (AvgIpc) is 3.13. The van der Waals surface area contributed by atoms with E-state index in [0.29, 0.717) is 13.0 Å². The Bertz CT molecular complexity index is 755. The molecule has 1 aliphatic heterocycles. The van der Waals surface area contributed by atoms with E-state index in [2.05, 4.69) is 25.7 Å². The van der Waals surface area contributed by atoms with Crippen molar-refractivity contribution in [3.05, 3.63) is 41.7 Å². The molecule has 27 heavy (non-hydrogen) atoms. The molecule has 0 aliphatic carbocycles. The van der Waals surface area contributed by atoms with Gasteiger partial charge in [-0.1, -0.05) is 17.3 Å². The molecule has 0 unspecified atom stereocenters. The zero-order valence-electron chi connectivity index (χ0n) is 14.5. The fourth-order valence-corrected chi connectivity index (χ4v) is 2.90. The normalized spacial score (nSPS) is 15.5. The number of aromatic nitrogens is 3. The topological polar surface area (TPSA) is 81.1 Å². The van der Waals surface area contributed by atoms with E-state index in [4.69, 9.17) is 0 Å². The van der Waals surface area contributed by atoms with Crippen LogP contribution in [0.2, 0.25) is 0 Å². The van der Waals surface area contributed by atoms with Crippen molar-refractivity contribution in [3.8, 4) is 5.75 Å². The smallest absolute Gasteiger partial charge is 0.406 e. The summed E-state index contributed by atoms with van der Waals surface area (Å²) in [5.74, 6) is -0.600. The van der Waals surface area contributed by atoms with Crippen molar-refractivity contribution < 1.29 is 22.7 Å². The van der Waals surface area contributed by atoms with Crippen LogP contribution in [0.5, 0.6) is 5.75 Å². The van der Waals surface area contributed by atoms with Gasteiger partial charge in [0.25, 0.3) is 5.91 Å². The van der Waals surface area contributed by atoms with Crippen LogP contribution in [0.25, 0.3) is 0 Å². The number of nitrogens with zero attached hydrogens (tertiary/aromatic N) is 3. The van der Waals surface area contributed by atoms with Crippen LogP contribution in [-0.4, -0.2) is 46.9 Å². The number of carbonyl (C=O) groups excluding carboxylic acids is 1. The minimum Gasteiger partial charge on any atom is -0.406 e. The number of amides is 1. The molecule has 2 N–H and O–H groups in total. The number of benzene rings is 1. The Hall–Kier alpha value is -2.62. The van der Waals surface area contributed by atoms with Gasteiger partial charge in [0.05, 0.1) is 12.2 Å². The van der Waals surface area contributed by atoms with Gasteiger partial charge in [0.2, 0.25) is 0 Å². The molecule has 0 atom stereocenters. The van der Waals surface area contributed by atoms with Crippen molar-refractivity contribution in [2.45, 2.75) is 31.7 Å². The van der Waals surface area contributed by atoms with Gasteiger partial charge < -0.3 is 15.4 Å². The van der Waals surface area contributed by atoms with E-state index in [0.717, 1.165) is 31.5 Å². The van der Waals surface area contributed by atoms with Gasteiger partial charge >= 0.3 is 6.36 Å². The minimum absolute atomic E-state index is 0.248. The first-order valence-electron chi connectivity index (χ1n) is 8.66. The number of hydrogen-bond donors (Lipinski definition) is 2. The maximum absolute atomic E-state index is 12.2. The Balaban J connectivity index is 1.46. The lowest BCUT2D eigenvalue weighted by molar-refractivity contribution is -0.274. The predicted molar refractivity (Wildman–Crippen MR) is 90.3 cm³/mol. The number of halogens is 3. The van der Waals surface area contributed by atoms with E-state index in [1.807, 2.05) is 0 Å². The first kappa shape index (κ1) is 19.2. The van der Waals surface area contributed by atoms with Crippen molar-refractivity contribution >= 4 is 5.91 Å². The zero-order valence-corrected chi connectivity index (χ0v) is 14.5. The van der Waals surface area contributed by atoms with Gasteiger partial charge in [-0.3, -0.25) is 4.79 Å². The number of rotatable bonds is 6. The first-order valence-corrected chi connectivity index (χ1v) is 8.66. The summed E-state index contributed by atoms with van der Waals surface area (Å²) < 4.78 is 41.9. The summed E-state index contributed by atoms with van der Waals surface area (Å²) in [6.07, 6.45) is -0.701. The largest absolute Gasteiger partial charge is 0.573 e. The molecular weight excluding hydrogens is 363 g/mol. The second kappa shape index (κ2) is 8.38. The molecule has 7 nitrogen and oxygen atoms in total. The van der Waals surface area contributed by atoms with Gasteiger partial charge in [-0.25, -0.2) is 4.68 Å². The second-order valence-electron chi connectivity index (χ2n) is 6.26. The van der Waals surface area contributed by atoms with Crippen LogP contribution < -0.4 is 15.4 Å². The quantitative estimate of drug-likeness (QED) is 0.798. The molecule has 0 spiro atoms. The van der Waals surface area contributed by atoms with Crippen molar-refractivity contribution in [2.24, 2.45) is 0 Å². The lowest BCUT2D eigenvalue weighted by atomic mass is 10.1. The van der Waals surface area contributed by atoms with Crippen LogP contribution in [0.3, 0.4) is 0 Å². The van der Waals surface area contributed by atoms with Gasteiger partial charge in [-0.2, -0.15) is 0 Å². The third kappa shape index (κ3) is 5.68. The molecule has 0 saturated carbocycles. The highest BCUT2D eigenvalue weighted by Crippen LogP contribution is 2.22. The summed E-state index contributed by atoms with van der Waals surface area (Å²) in [7, 11) is 0. The summed E-state index contributed by atoms with van der Waals surface area (Å²) in [6.45, 7) is 2.16. The van der Waals surface area contributed by atoms with Crippen LogP contribution >= 0.6 is 0 Å². The fraction of sp³-hybridized carbons (Fsp3) is 0.471. The Morgan fingerprint density at radius 2 is 1.96 bits per heavy atom. The molecule has 146 valence electrons. The molecule has 0 radical (unpaired) electrons. The second-order valence-corrected chi connectivity index (χ2v) is 6.26. The monoisotopic (exact) mass is 383 g/mol. The highest BCUT2D eigenvalue weighted by atomic mass is 19.4. The number of hydrogen-bond acceptors (Lipinski definition) is 5. The van der Waals surface area contributed by atoms with Crippen LogP contribution in [0.4, 0.5) is 13.2 Å². The average molecular weight is 383 g/mol. The fourth-order valence-electron chi connectivity index (χ4n) is 2.90. The van der Waals surface area contributed by atoms with Gasteiger partial charge in [0, 0.05) is 6.54 Å². The molecule has 1 fully saturated rings. The lowest BCUT2D eigenvalue weighted by Crippen LogP contribution is -2.29. The first-order chi connectivity index (χ1) is 12.9. The van der Waals surface area contributed by atoms with Crippen LogP contribution in [0, 0.1) is 0 Å². The molecule has 1 aromatic heterocycles. The molecule has 2 aromatic rings. The molecule has 1 aromatic carbocycles.